The molecule has 0 radical (unpaired) electrons. The van der Waals surface area contributed by atoms with Gasteiger partial charge in [0.05, 0.1) is 28.5 Å². The largest absolute Gasteiger partial charge is 0.355 e. The molecule has 0 aliphatic carbocycles. The van der Waals surface area contributed by atoms with Crippen LogP contribution in [0.25, 0.3) is 57.6 Å². The van der Waals surface area contributed by atoms with E-state index in [0.29, 0.717) is 0 Å². The van der Waals surface area contributed by atoms with Gasteiger partial charge in [0.25, 0.3) is 0 Å². The van der Waals surface area contributed by atoms with E-state index in [4.69, 9.17) is 0 Å². The molecule has 0 fully saturated rings. The van der Waals surface area contributed by atoms with Gasteiger partial charge in [-0.1, -0.05) is 30.3 Å². The highest BCUT2D eigenvalue weighted by atomic mass is 15.1. The second kappa shape index (κ2) is 9.11. The summed E-state index contributed by atoms with van der Waals surface area (Å²) in [4.78, 5) is 16.0. The third-order valence-corrected chi connectivity index (χ3v) is 5.63. The standard InChI is InChI=1S/C20H14N4.C9H8N2/c1-2-14-10-16-5-6-18(23-16)12-20-8-7-19(24-20)11-17-4-3-15(22-17)9-13(1)21-14;1-2-4-8(5-3-1)9-6-7-10-11-9/h1-12,21-22H;1-7H,(H,10,11). The minimum atomic E-state index is 0.915. The SMILES string of the molecule is C1=Cc2cc3ccc(cc4ccc(cc5nc(cc1n2)C=C5)[nH]4)[nH]3.c1ccc(-c2ccn[nH]2)cc1. The van der Waals surface area contributed by atoms with Gasteiger partial charge in [0, 0.05) is 28.3 Å². The van der Waals surface area contributed by atoms with Crippen LogP contribution in [0.3, 0.4) is 0 Å². The highest BCUT2D eigenvalue weighted by Gasteiger charge is 2.02. The van der Waals surface area contributed by atoms with Crippen molar-refractivity contribution < 1.29 is 0 Å². The highest BCUT2D eigenvalue weighted by molar-refractivity contribution is 5.77. The second-order valence-corrected chi connectivity index (χ2v) is 8.24. The number of hydrogen-bond acceptors (Lipinski definition) is 3. The van der Waals surface area contributed by atoms with E-state index in [9.17, 15) is 0 Å². The lowest BCUT2D eigenvalue weighted by atomic mass is 10.2. The van der Waals surface area contributed by atoms with Crippen molar-refractivity contribution in [1.82, 2.24) is 30.1 Å². The second-order valence-electron chi connectivity index (χ2n) is 8.24. The van der Waals surface area contributed by atoms with Gasteiger partial charge in [-0.05, 0) is 84.5 Å². The fraction of sp³-hybridized carbons (Fsp3) is 0. The van der Waals surface area contributed by atoms with Gasteiger partial charge in [-0.2, -0.15) is 5.10 Å². The van der Waals surface area contributed by atoms with E-state index in [1.54, 1.807) is 6.20 Å². The molecule has 7 rings (SSSR count). The summed E-state index contributed by atoms with van der Waals surface area (Å²) in [6, 6.07) is 28.5. The Bertz CT molecular complexity index is 1600. The molecule has 2 aliphatic heterocycles. The number of benzene rings is 1. The summed E-state index contributed by atoms with van der Waals surface area (Å²) >= 11 is 0. The van der Waals surface area contributed by atoms with Crippen LogP contribution in [0.5, 0.6) is 0 Å². The zero-order valence-electron chi connectivity index (χ0n) is 18.8. The van der Waals surface area contributed by atoms with Crippen LogP contribution in [0.2, 0.25) is 0 Å². The van der Waals surface area contributed by atoms with Crippen LogP contribution >= 0.6 is 0 Å². The maximum Gasteiger partial charge on any atom is 0.0659 e. The van der Waals surface area contributed by atoms with Crippen LogP contribution in [0.1, 0.15) is 22.8 Å². The Labute approximate surface area is 201 Å². The molecule has 35 heavy (non-hydrogen) atoms. The number of aromatic amines is 3. The molecular weight excluding hydrogens is 432 g/mol. The van der Waals surface area contributed by atoms with Gasteiger partial charge in [-0.3, -0.25) is 5.10 Å². The number of nitrogens with one attached hydrogen (secondary N) is 3. The third-order valence-electron chi connectivity index (χ3n) is 5.63. The van der Waals surface area contributed by atoms with Crippen molar-refractivity contribution in [3.8, 4) is 11.3 Å². The van der Waals surface area contributed by atoms with Gasteiger partial charge in [0.15, 0.2) is 0 Å². The maximum atomic E-state index is 4.62. The van der Waals surface area contributed by atoms with E-state index < -0.39 is 0 Å². The molecule has 3 N–H and O–H groups in total. The summed E-state index contributed by atoms with van der Waals surface area (Å²) in [7, 11) is 0. The van der Waals surface area contributed by atoms with Gasteiger partial charge in [0.2, 0.25) is 0 Å². The minimum absolute atomic E-state index is 0.915. The molecule has 0 unspecified atom stereocenters. The van der Waals surface area contributed by atoms with Crippen LogP contribution in [-0.2, 0) is 0 Å². The summed E-state index contributed by atoms with van der Waals surface area (Å²) in [5, 5.41) is 6.78. The van der Waals surface area contributed by atoms with Crippen molar-refractivity contribution in [2.24, 2.45) is 0 Å². The number of rotatable bonds is 1. The van der Waals surface area contributed by atoms with Gasteiger partial charge in [0.1, 0.15) is 0 Å². The van der Waals surface area contributed by atoms with E-state index in [1.807, 2.05) is 78.9 Å². The molecule has 5 aromatic rings. The smallest absolute Gasteiger partial charge is 0.0659 e. The van der Waals surface area contributed by atoms with Crippen molar-refractivity contribution in [3.63, 3.8) is 0 Å². The Morgan fingerprint density at radius 2 is 1.00 bits per heavy atom. The molecule has 1 aromatic carbocycles. The first kappa shape index (κ1) is 20.6. The van der Waals surface area contributed by atoms with Crippen LogP contribution in [0.15, 0.2) is 91.1 Å². The molecule has 0 saturated heterocycles. The monoisotopic (exact) mass is 454 g/mol. The van der Waals surface area contributed by atoms with E-state index >= 15 is 0 Å². The first-order chi connectivity index (χ1) is 17.3. The molecule has 0 amide bonds. The van der Waals surface area contributed by atoms with Crippen LogP contribution in [0, 0.1) is 0 Å². The molecule has 6 heteroatoms. The number of hydrogen-bond donors (Lipinski definition) is 3. The van der Waals surface area contributed by atoms with Crippen LogP contribution in [0.4, 0.5) is 0 Å². The lowest BCUT2D eigenvalue weighted by Gasteiger charge is -1.93. The molecular formula is C29H22N6. The molecule has 4 aromatic heterocycles. The first-order valence-electron chi connectivity index (χ1n) is 11.4. The molecule has 0 saturated carbocycles. The number of nitrogens with zero attached hydrogens (tertiary/aromatic N) is 3. The van der Waals surface area contributed by atoms with Crippen molar-refractivity contribution in [2.45, 2.75) is 0 Å². The molecule has 8 bridgehead atoms. The summed E-state index contributed by atoms with van der Waals surface area (Å²) in [6.45, 7) is 0. The molecule has 0 spiro atoms. The number of H-pyrrole nitrogens is 3. The number of fused-ring (bicyclic) bond motifs is 8. The molecule has 168 valence electrons. The summed E-state index contributed by atoms with van der Waals surface area (Å²) in [5.41, 5.74) is 10.1. The average Bonchev–Trinajstić information content (AvgIpc) is 3.69. The Balaban J connectivity index is 0.000000174. The normalized spacial score (nSPS) is 11.8. The number of aromatic nitrogens is 6. The van der Waals surface area contributed by atoms with Gasteiger partial charge in [-0.25, -0.2) is 9.97 Å². The summed E-state index contributed by atoms with van der Waals surface area (Å²) in [5.74, 6) is 0. The van der Waals surface area contributed by atoms with Crippen molar-refractivity contribution in [1.29, 1.82) is 0 Å². The van der Waals surface area contributed by atoms with E-state index in [2.05, 4.69) is 60.5 Å². The maximum absolute atomic E-state index is 4.62. The lowest BCUT2D eigenvalue weighted by Crippen LogP contribution is -1.77. The fourth-order valence-corrected chi connectivity index (χ4v) is 3.98. The quantitative estimate of drug-likeness (QED) is 0.257. The van der Waals surface area contributed by atoms with Gasteiger partial charge in [-0.15, -0.1) is 0 Å². The highest BCUT2D eigenvalue weighted by Crippen LogP contribution is 2.17. The third kappa shape index (κ3) is 4.86. The molecule has 6 nitrogen and oxygen atoms in total. The van der Waals surface area contributed by atoms with Gasteiger partial charge < -0.3 is 9.97 Å². The first-order valence-corrected chi connectivity index (χ1v) is 11.4. The Kier molecular flexibility index (Phi) is 5.37. The lowest BCUT2D eigenvalue weighted by molar-refractivity contribution is 1.10. The Hall–Kier alpha value is -4.97. The summed E-state index contributed by atoms with van der Waals surface area (Å²) < 4.78 is 0. The van der Waals surface area contributed by atoms with E-state index in [-0.39, 0.29) is 0 Å². The summed E-state index contributed by atoms with van der Waals surface area (Å²) in [6.07, 6.45) is 9.80. The average molecular weight is 455 g/mol. The predicted molar refractivity (Wildman–Crippen MR) is 143 cm³/mol. The van der Waals surface area contributed by atoms with Crippen molar-refractivity contribution in [3.05, 3.63) is 114 Å². The predicted octanol–water partition coefficient (Wildman–Crippen LogP) is 6.73. The van der Waals surface area contributed by atoms with E-state index in [1.165, 1.54) is 5.56 Å². The zero-order valence-corrected chi connectivity index (χ0v) is 18.8. The topological polar surface area (TPSA) is 86.0 Å². The van der Waals surface area contributed by atoms with E-state index in [0.717, 1.165) is 50.5 Å². The van der Waals surface area contributed by atoms with Crippen LogP contribution < -0.4 is 0 Å². The fourth-order valence-electron chi connectivity index (χ4n) is 3.98. The Morgan fingerprint density at radius 1 is 0.486 bits per heavy atom. The zero-order chi connectivity index (χ0) is 23.5. The minimum Gasteiger partial charge on any atom is -0.355 e. The molecule has 6 heterocycles. The van der Waals surface area contributed by atoms with Crippen molar-refractivity contribution in [2.75, 3.05) is 0 Å². The van der Waals surface area contributed by atoms with Gasteiger partial charge >= 0.3 is 0 Å². The van der Waals surface area contributed by atoms with Crippen LogP contribution in [-0.4, -0.2) is 30.1 Å². The molecule has 0 atom stereocenters. The van der Waals surface area contributed by atoms with Crippen molar-refractivity contribution >= 4 is 46.4 Å². The molecule has 2 aliphatic rings. The Morgan fingerprint density at radius 3 is 1.51 bits per heavy atom.